The van der Waals surface area contributed by atoms with Crippen molar-refractivity contribution in [1.29, 1.82) is 0 Å². The van der Waals surface area contributed by atoms with E-state index in [9.17, 15) is 43.5 Å². The molecule has 5 N–H and O–H groups in total. The highest BCUT2D eigenvalue weighted by Gasteiger charge is 2.39. The Kier molecular flexibility index (Phi) is 25.7. The van der Waals surface area contributed by atoms with Crippen LogP contribution in [0.2, 0.25) is 19.6 Å². The number of fused-ring (bicyclic) bond motifs is 9. The fourth-order valence-corrected chi connectivity index (χ4v) is 14.1. The van der Waals surface area contributed by atoms with E-state index >= 15 is 0 Å². The maximum atomic E-state index is 13.8. The predicted octanol–water partition coefficient (Wildman–Crippen LogP) is 14.3. The molecule has 3 aliphatic carbocycles. The highest BCUT2D eigenvalue weighted by atomic mass is 28.4. The van der Waals surface area contributed by atoms with E-state index in [0.29, 0.717) is 6.42 Å². The monoisotopic (exact) mass is 1410 g/mol. The van der Waals surface area contributed by atoms with Gasteiger partial charge in [0.1, 0.15) is 50.0 Å². The van der Waals surface area contributed by atoms with Gasteiger partial charge in [-0.15, -0.1) is 0 Å². The van der Waals surface area contributed by atoms with Crippen LogP contribution in [0.15, 0.2) is 206 Å². The van der Waals surface area contributed by atoms with Gasteiger partial charge in [0.05, 0.1) is 0 Å². The number of hydrogen-bond donors (Lipinski definition) is 5. The van der Waals surface area contributed by atoms with Crippen LogP contribution in [0.5, 0.6) is 0 Å². The van der Waals surface area contributed by atoms with E-state index in [4.69, 9.17) is 23.7 Å². The number of alkyl carbamates (subject to hydrolysis) is 3. The summed E-state index contributed by atoms with van der Waals surface area (Å²) in [7, 11) is 0.843. The van der Waals surface area contributed by atoms with Gasteiger partial charge in [-0.2, -0.15) is 0 Å². The third-order valence-corrected chi connectivity index (χ3v) is 19.6. The summed E-state index contributed by atoms with van der Waals surface area (Å²) in [5.74, 6) is -4.43. The third-order valence-electron chi connectivity index (χ3n) is 18.8. The molecule has 0 radical (unpaired) electrons. The molecule has 5 amide bonds. The molecule has 0 bridgehead atoms. The van der Waals surface area contributed by atoms with Crippen LogP contribution in [-0.2, 0) is 55.5 Å². The molecule has 5 atom stereocenters. The Morgan fingerprint density at radius 1 is 0.369 bits per heavy atom. The number of amides is 5. The molecule has 0 saturated carbocycles. The van der Waals surface area contributed by atoms with E-state index < -0.39 is 80.6 Å². The maximum absolute atomic E-state index is 13.8. The summed E-state index contributed by atoms with van der Waals surface area (Å²) in [5, 5.41) is 26.9. The number of benzene rings is 8. The SMILES string of the molecule is CC(C)[C@H](NC(=O)OCC1c2ccccc2-c2ccccc21)C(=O)N(C)[C@@H](Cc1ccccc1)C(=O)O.CC(C)[C@H](NC(=O)OCC1c2ccccc2-c2ccccc21)C(=O)N(C)[C@@H](Cc1ccccc1)C(=O)O[Si](C)(C)C.CC(C)[C@H](NC(=O)OCC1c2ccccc2-c2ccccc21)C(=O)O. The van der Waals surface area contributed by atoms with Crippen LogP contribution in [0, 0.1) is 17.8 Å². The molecule has 0 heterocycles. The summed E-state index contributed by atoms with van der Waals surface area (Å²) in [6.07, 6.45) is -1.62. The van der Waals surface area contributed by atoms with E-state index in [2.05, 4.69) is 64.5 Å². The lowest BCUT2D eigenvalue weighted by atomic mass is 9.98. The first kappa shape index (κ1) is 76.3. The molecular weight excluding hydrogens is 1320 g/mol. The normalized spacial score (nSPS) is 13.9. The molecule has 19 nitrogen and oxygen atoms in total. The smallest absolute Gasteiger partial charge is 0.407 e. The van der Waals surface area contributed by atoms with Gasteiger partial charge in [-0.1, -0.05) is 248 Å². The second-order valence-electron chi connectivity index (χ2n) is 28.1. The summed E-state index contributed by atoms with van der Waals surface area (Å²) >= 11 is 0. The van der Waals surface area contributed by atoms with Crippen molar-refractivity contribution in [2.75, 3.05) is 33.9 Å². The zero-order valence-electron chi connectivity index (χ0n) is 60.2. The van der Waals surface area contributed by atoms with Crippen molar-refractivity contribution in [2.24, 2.45) is 17.8 Å². The van der Waals surface area contributed by atoms with E-state index in [1.165, 1.54) is 16.8 Å². The van der Waals surface area contributed by atoms with Gasteiger partial charge < -0.3 is 54.6 Å². The van der Waals surface area contributed by atoms with Crippen LogP contribution >= 0.6 is 0 Å². The van der Waals surface area contributed by atoms with Gasteiger partial charge in [0.15, 0.2) is 0 Å². The van der Waals surface area contributed by atoms with Gasteiger partial charge in [0, 0.05) is 44.7 Å². The van der Waals surface area contributed by atoms with Crippen LogP contribution in [-0.4, -0.2) is 140 Å². The fourth-order valence-electron chi connectivity index (χ4n) is 13.4. The number of carbonyl (C=O) groups excluding carboxylic acids is 6. The zero-order valence-corrected chi connectivity index (χ0v) is 61.2. The molecule has 538 valence electrons. The number of carbonyl (C=O) groups is 8. The predicted molar refractivity (Wildman–Crippen MR) is 399 cm³/mol. The van der Waals surface area contributed by atoms with Crippen molar-refractivity contribution in [1.82, 2.24) is 25.8 Å². The van der Waals surface area contributed by atoms with Crippen LogP contribution < -0.4 is 16.0 Å². The van der Waals surface area contributed by atoms with Crippen molar-refractivity contribution >= 4 is 56.3 Å². The number of likely N-dealkylation sites (N-methyl/N-ethyl adjacent to an activating group) is 2. The molecule has 8 aromatic carbocycles. The largest absolute Gasteiger partial charge is 0.518 e. The summed E-state index contributed by atoms with van der Waals surface area (Å²) in [6, 6.07) is 62.5. The average molecular weight is 1410 g/mol. The number of nitrogens with zero attached hydrogens (tertiary/aromatic N) is 2. The topological polar surface area (TPSA) is 257 Å². The molecule has 3 aliphatic rings. The lowest BCUT2D eigenvalue weighted by Gasteiger charge is -2.33. The molecule has 20 heteroatoms. The van der Waals surface area contributed by atoms with Gasteiger partial charge in [-0.25, -0.2) is 24.0 Å². The molecule has 0 aliphatic heterocycles. The van der Waals surface area contributed by atoms with Crippen molar-refractivity contribution in [3.8, 4) is 33.4 Å². The molecule has 0 fully saturated rings. The Hall–Kier alpha value is -10.9. The Morgan fingerprint density at radius 3 is 0.883 bits per heavy atom. The van der Waals surface area contributed by atoms with Crippen LogP contribution in [0.3, 0.4) is 0 Å². The van der Waals surface area contributed by atoms with Gasteiger partial charge in [-0.05, 0) is 115 Å². The number of ether oxygens (including phenoxy) is 3. The van der Waals surface area contributed by atoms with Gasteiger partial charge >= 0.3 is 36.2 Å². The van der Waals surface area contributed by atoms with Crippen molar-refractivity contribution in [2.45, 2.75) is 122 Å². The molecule has 0 unspecified atom stereocenters. The first-order valence-electron chi connectivity index (χ1n) is 34.9. The number of hydrogen-bond acceptors (Lipinski definition) is 12. The molecule has 0 saturated heterocycles. The minimum atomic E-state index is -2.21. The molecule has 8 aromatic rings. The van der Waals surface area contributed by atoms with Gasteiger partial charge in [0.2, 0.25) is 20.1 Å². The molecule has 0 aromatic heterocycles. The second-order valence-corrected chi connectivity index (χ2v) is 32.5. The van der Waals surface area contributed by atoms with E-state index in [1.807, 2.05) is 191 Å². The number of aliphatic carboxylic acids is 2. The molecule has 11 rings (SSSR count). The quantitative estimate of drug-likeness (QED) is 0.0279. The highest BCUT2D eigenvalue weighted by molar-refractivity contribution is 6.71. The number of nitrogens with one attached hydrogen (secondary N) is 3. The number of rotatable bonds is 24. The van der Waals surface area contributed by atoms with Crippen molar-refractivity contribution in [3.63, 3.8) is 0 Å². The first-order valence-corrected chi connectivity index (χ1v) is 38.3. The number of carboxylic acid groups (broad SMARTS) is 2. The summed E-state index contributed by atoms with van der Waals surface area (Å²) in [6.45, 7) is 17.0. The van der Waals surface area contributed by atoms with E-state index in [0.717, 1.165) is 77.9 Å². The van der Waals surface area contributed by atoms with Crippen molar-refractivity contribution in [3.05, 3.63) is 251 Å². The second kappa shape index (κ2) is 34.7. The minimum absolute atomic E-state index is 0.0412. The zero-order chi connectivity index (χ0) is 74.2. The molecule has 0 spiro atoms. The average Bonchev–Trinajstić information content (AvgIpc) is 1.63. The van der Waals surface area contributed by atoms with Gasteiger partial charge in [0.25, 0.3) is 0 Å². The fraction of sp³-hybridized carbons (Fsp3) is 0.325. The summed E-state index contributed by atoms with van der Waals surface area (Å²) < 4.78 is 22.5. The maximum Gasteiger partial charge on any atom is 0.407 e. The summed E-state index contributed by atoms with van der Waals surface area (Å²) in [4.78, 5) is 104. The van der Waals surface area contributed by atoms with Crippen molar-refractivity contribution < 1.29 is 67.2 Å². The Bertz CT molecular complexity index is 4180. The Balaban J connectivity index is 0.000000184. The van der Waals surface area contributed by atoms with E-state index in [1.54, 1.807) is 34.7 Å². The molecule has 103 heavy (non-hydrogen) atoms. The standard InChI is InChI=1S/C33H40N2O5Si.C30H32N2O5.C20H21NO4/c1-22(2)30(31(36)35(3)29(32(37)40-41(4,5)6)20-23-14-8-7-9-15-23)34-33(38)39-21-28-26-18-12-10-16-24(26)25-17-11-13-19-27(25)28;1-19(2)27(28(33)32(3)26(29(34)35)17-20-11-5-4-6-12-20)31-30(36)37-18-25-23-15-9-7-13-21(23)22-14-8-10-16-24(22)25;1-12(2)18(19(22)23)21-20(24)25-11-17-15-9-5-3-7-13(15)14-8-4-6-10-16(14)17/h7-19,22,28-30H,20-21H2,1-6H3,(H,34,38);4-16,19,25-27H,17-18H2,1-3H3,(H,31,36)(H,34,35);3-10,12,17-18H,11H2,1-2H3,(H,21,24)(H,22,23)/t29-,30-;26-,27-;18-/m000/s1. The molecular formula is C83H93N5O14Si. The third kappa shape index (κ3) is 19.0. The van der Waals surface area contributed by atoms with Crippen LogP contribution in [0.25, 0.3) is 33.4 Å². The van der Waals surface area contributed by atoms with Crippen LogP contribution in [0.1, 0.15) is 104 Å². The highest BCUT2D eigenvalue weighted by Crippen LogP contribution is 2.47. The van der Waals surface area contributed by atoms with E-state index in [-0.39, 0.29) is 67.7 Å². The lowest BCUT2D eigenvalue weighted by molar-refractivity contribution is -0.150. The Morgan fingerprint density at radius 2 is 0.621 bits per heavy atom. The van der Waals surface area contributed by atoms with Crippen LogP contribution in [0.4, 0.5) is 14.4 Å². The van der Waals surface area contributed by atoms with Gasteiger partial charge in [-0.3, -0.25) is 14.4 Å². The lowest BCUT2D eigenvalue weighted by Crippen LogP contribution is -2.55. The first-order chi connectivity index (χ1) is 49.2. The summed E-state index contributed by atoms with van der Waals surface area (Å²) in [5.41, 5.74) is 15.2. The Labute approximate surface area is 604 Å². The number of carboxylic acids is 2. The minimum Gasteiger partial charge on any atom is -0.518 e.